The van der Waals surface area contributed by atoms with Gasteiger partial charge in [0.15, 0.2) is 5.69 Å². The van der Waals surface area contributed by atoms with E-state index in [-0.39, 0.29) is 11.3 Å². The molecule has 1 aromatic heterocycles. The third-order valence-corrected chi connectivity index (χ3v) is 6.18. The number of benzene rings is 2. The van der Waals surface area contributed by atoms with Gasteiger partial charge in [0, 0.05) is 11.6 Å². The highest BCUT2D eigenvalue weighted by molar-refractivity contribution is 7.86. The number of aromatic carboxylic acids is 1. The minimum absolute atomic E-state index is 0.0522. The molecule has 0 radical (unpaired) electrons. The molecule has 0 aliphatic heterocycles. The van der Waals surface area contributed by atoms with Crippen molar-refractivity contribution in [1.29, 1.82) is 0 Å². The predicted octanol–water partition coefficient (Wildman–Crippen LogP) is 2.40. The number of azo groups is 1. The topological polar surface area (TPSA) is 252 Å². The number of aryl methyl sites for hydroxylation is 1. The zero-order valence-corrected chi connectivity index (χ0v) is 18.8. The summed E-state index contributed by atoms with van der Waals surface area (Å²) in [4.78, 5) is 20.3. The van der Waals surface area contributed by atoms with E-state index in [1.165, 1.54) is 6.92 Å². The van der Waals surface area contributed by atoms with Crippen molar-refractivity contribution < 1.29 is 45.9 Å². The second-order valence-electron chi connectivity index (χ2n) is 6.75. The quantitative estimate of drug-likeness (QED) is 0.149. The van der Waals surface area contributed by atoms with Gasteiger partial charge in [-0.05, 0) is 37.3 Å². The van der Waals surface area contributed by atoms with Crippen LogP contribution < -0.4 is 0 Å². The number of nitro groups is 1. The first-order valence-electron chi connectivity index (χ1n) is 8.92. The lowest BCUT2D eigenvalue weighted by atomic mass is 10.2. The van der Waals surface area contributed by atoms with Crippen LogP contribution in [0.2, 0.25) is 0 Å². The second-order valence-corrected chi connectivity index (χ2v) is 9.56. The fourth-order valence-electron chi connectivity index (χ4n) is 2.82. The van der Waals surface area contributed by atoms with Gasteiger partial charge in [0.25, 0.3) is 25.9 Å². The van der Waals surface area contributed by atoms with Crippen molar-refractivity contribution in [3.05, 3.63) is 57.8 Å². The zero-order valence-electron chi connectivity index (χ0n) is 17.2. The highest BCUT2D eigenvalue weighted by Gasteiger charge is 2.26. The zero-order chi connectivity index (χ0) is 26.3. The molecule has 184 valence electrons. The van der Waals surface area contributed by atoms with Gasteiger partial charge in [0.1, 0.15) is 10.6 Å². The molecule has 3 rings (SSSR count). The fraction of sp³-hybridized carbons (Fsp3) is 0.0588. The molecule has 0 saturated carbocycles. The predicted molar refractivity (Wildman–Crippen MR) is 114 cm³/mol. The van der Waals surface area contributed by atoms with Gasteiger partial charge in [-0.2, -0.15) is 26.6 Å². The van der Waals surface area contributed by atoms with Crippen LogP contribution in [0.15, 0.2) is 56.4 Å². The molecule has 2 aromatic carbocycles. The third kappa shape index (κ3) is 5.14. The Hall–Kier alpha value is -4.26. The molecule has 0 spiro atoms. The summed E-state index contributed by atoms with van der Waals surface area (Å²) in [5.74, 6) is -2.59. The molecule has 1 heterocycles. The van der Waals surface area contributed by atoms with E-state index < -0.39 is 69.6 Å². The van der Waals surface area contributed by atoms with Crippen LogP contribution in [0.5, 0.6) is 5.88 Å². The van der Waals surface area contributed by atoms with Gasteiger partial charge in [-0.15, -0.1) is 10.2 Å². The van der Waals surface area contributed by atoms with Crippen LogP contribution in [0.25, 0.3) is 5.69 Å². The Bertz CT molecular complexity index is 1610. The van der Waals surface area contributed by atoms with Crippen LogP contribution in [0.3, 0.4) is 0 Å². The van der Waals surface area contributed by atoms with Gasteiger partial charge in [0.05, 0.1) is 15.5 Å². The van der Waals surface area contributed by atoms with Crippen molar-refractivity contribution >= 4 is 43.3 Å². The number of hydrogen-bond donors (Lipinski definition) is 4. The van der Waals surface area contributed by atoms with Crippen LogP contribution in [0.1, 0.15) is 16.1 Å². The Morgan fingerprint density at radius 1 is 1.06 bits per heavy atom. The third-order valence-electron chi connectivity index (χ3n) is 4.43. The summed E-state index contributed by atoms with van der Waals surface area (Å²) >= 11 is 0. The van der Waals surface area contributed by atoms with Crippen molar-refractivity contribution in [3.8, 4) is 11.6 Å². The van der Waals surface area contributed by atoms with Gasteiger partial charge in [0.2, 0.25) is 11.6 Å². The molecule has 0 aliphatic carbocycles. The van der Waals surface area contributed by atoms with Crippen molar-refractivity contribution in [2.45, 2.75) is 16.7 Å². The summed E-state index contributed by atoms with van der Waals surface area (Å²) in [5, 5.41) is 41.7. The molecule has 16 nitrogen and oxygen atoms in total. The maximum Gasteiger partial charge on any atom is 0.358 e. The largest absolute Gasteiger partial charge is 0.492 e. The van der Waals surface area contributed by atoms with Crippen LogP contribution >= 0.6 is 0 Å². The van der Waals surface area contributed by atoms with Crippen molar-refractivity contribution in [1.82, 2.24) is 9.78 Å². The Kier molecular flexibility index (Phi) is 6.40. The van der Waals surface area contributed by atoms with Gasteiger partial charge < -0.3 is 10.2 Å². The molecule has 0 unspecified atom stereocenters. The lowest BCUT2D eigenvalue weighted by Gasteiger charge is -2.05. The molecule has 0 atom stereocenters. The molecule has 0 fully saturated rings. The van der Waals surface area contributed by atoms with Crippen LogP contribution in [0.4, 0.5) is 17.1 Å². The molecule has 0 aliphatic rings. The van der Waals surface area contributed by atoms with E-state index in [4.69, 9.17) is 4.55 Å². The number of rotatable bonds is 7. The number of carbonyl (C=O) groups is 1. The van der Waals surface area contributed by atoms with E-state index in [1.807, 2.05) is 0 Å². The van der Waals surface area contributed by atoms with Gasteiger partial charge in [-0.1, -0.05) is 0 Å². The van der Waals surface area contributed by atoms with Crippen LogP contribution in [-0.4, -0.2) is 56.8 Å². The Balaban J connectivity index is 2.16. The van der Waals surface area contributed by atoms with E-state index in [1.54, 1.807) is 0 Å². The first kappa shape index (κ1) is 25.4. The summed E-state index contributed by atoms with van der Waals surface area (Å²) < 4.78 is 64.9. The minimum atomic E-state index is -5.03. The molecule has 18 heteroatoms. The Labute approximate surface area is 195 Å². The molecule has 0 bridgehead atoms. The lowest BCUT2D eigenvalue weighted by Crippen LogP contribution is -2.02. The maximum absolute atomic E-state index is 11.7. The van der Waals surface area contributed by atoms with Crippen LogP contribution in [0, 0.1) is 17.0 Å². The van der Waals surface area contributed by atoms with E-state index in [2.05, 4.69) is 15.3 Å². The summed E-state index contributed by atoms with van der Waals surface area (Å²) in [6, 6.07) is 5.51. The van der Waals surface area contributed by atoms with Gasteiger partial charge >= 0.3 is 5.97 Å². The SMILES string of the molecule is Cc1cc(/N=N/c2c(C(=O)O)nn(-c3ccc(S(=O)(=O)O)cc3)c2O)c(S(=O)(=O)O)cc1[N+](=O)[O-]. The molecule has 35 heavy (non-hydrogen) atoms. The second kappa shape index (κ2) is 8.83. The van der Waals surface area contributed by atoms with Gasteiger partial charge in [-0.25, -0.2) is 4.79 Å². The summed E-state index contributed by atoms with van der Waals surface area (Å²) in [5.41, 5.74) is -2.97. The lowest BCUT2D eigenvalue weighted by molar-refractivity contribution is -0.385. The van der Waals surface area contributed by atoms with Crippen LogP contribution in [-0.2, 0) is 20.2 Å². The number of carboxylic acid groups (broad SMARTS) is 1. The molecule has 3 aromatic rings. The number of hydrogen-bond acceptors (Lipinski definition) is 11. The number of aromatic hydroxyl groups is 1. The number of aromatic nitrogens is 2. The summed E-state index contributed by atoms with van der Waals surface area (Å²) in [6.45, 7) is 1.25. The highest BCUT2D eigenvalue weighted by atomic mass is 32.2. The van der Waals surface area contributed by atoms with E-state index >= 15 is 0 Å². The first-order valence-corrected chi connectivity index (χ1v) is 11.8. The maximum atomic E-state index is 11.7. The average Bonchev–Trinajstić information content (AvgIpc) is 3.07. The fourth-order valence-corrected chi connectivity index (χ4v) is 3.93. The molecule has 0 saturated heterocycles. The highest BCUT2D eigenvalue weighted by Crippen LogP contribution is 2.37. The van der Waals surface area contributed by atoms with E-state index in [9.17, 15) is 46.5 Å². The minimum Gasteiger partial charge on any atom is -0.492 e. The summed E-state index contributed by atoms with van der Waals surface area (Å²) in [7, 11) is -9.56. The number of nitrogens with zero attached hydrogens (tertiary/aromatic N) is 5. The number of carboxylic acids is 1. The average molecular weight is 527 g/mol. The molecular formula is C17H13N5O11S2. The smallest absolute Gasteiger partial charge is 0.358 e. The Morgan fingerprint density at radius 3 is 2.14 bits per heavy atom. The first-order chi connectivity index (χ1) is 16.1. The normalized spacial score (nSPS) is 12.2. The monoisotopic (exact) mass is 527 g/mol. The van der Waals surface area contributed by atoms with Crippen molar-refractivity contribution in [3.63, 3.8) is 0 Å². The van der Waals surface area contributed by atoms with Gasteiger partial charge in [-0.3, -0.25) is 19.2 Å². The molecule has 0 amide bonds. The molecule has 4 N–H and O–H groups in total. The summed E-state index contributed by atoms with van der Waals surface area (Å²) in [6.07, 6.45) is 0. The molecular weight excluding hydrogens is 514 g/mol. The van der Waals surface area contributed by atoms with E-state index in [0.29, 0.717) is 10.7 Å². The Morgan fingerprint density at radius 2 is 1.66 bits per heavy atom. The van der Waals surface area contributed by atoms with Crippen molar-refractivity contribution in [2.75, 3.05) is 0 Å². The van der Waals surface area contributed by atoms with Crippen molar-refractivity contribution in [2.24, 2.45) is 10.2 Å². The van der Waals surface area contributed by atoms with E-state index in [0.717, 1.165) is 30.3 Å². The standard InChI is InChI=1S/C17H13N5O11S2/c1-8-6-11(13(35(31,32)33)7-12(8)22(26)27)18-19-14-15(17(24)25)20-21(16(14)23)9-2-4-10(5-3-9)34(28,29)30/h2-7,23H,1H3,(H,24,25)(H,28,29,30)(H,31,32,33)/b19-18+. The number of nitro benzene ring substituents is 1.